The van der Waals surface area contributed by atoms with Gasteiger partial charge in [0.05, 0.1) is 12.0 Å². The lowest BCUT2D eigenvalue weighted by Gasteiger charge is -2.12. The highest BCUT2D eigenvalue weighted by Gasteiger charge is 2.19. The maximum atomic E-state index is 13.2. The highest BCUT2D eigenvalue weighted by atomic mass is 19.1. The lowest BCUT2D eigenvalue weighted by atomic mass is 10.0. The first-order valence-electron chi connectivity index (χ1n) is 9.72. The molecule has 4 aromatic rings. The maximum Gasteiger partial charge on any atom is 0.307 e. The van der Waals surface area contributed by atoms with Gasteiger partial charge in [-0.2, -0.15) is 5.26 Å². The molecule has 0 saturated heterocycles. The molecule has 4 rings (SSSR count). The number of fused-ring (bicyclic) bond motifs is 1. The van der Waals surface area contributed by atoms with Crippen LogP contribution in [0, 0.1) is 24.1 Å². The molecule has 0 amide bonds. The minimum Gasteiger partial charge on any atom is -0.481 e. The van der Waals surface area contributed by atoms with Crippen LogP contribution < -0.4 is 4.74 Å². The molecule has 0 saturated carbocycles. The Morgan fingerprint density at radius 3 is 2.58 bits per heavy atom. The lowest BCUT2D eigenvalue weighted by molar-refractivity contribution is -0.136. The number of rotatable bonds is 6. The largest absolute Gasteiger partial charge is 0.481 e. The van der Waals surface area contributed by atoms with Crippen molar-refractivity contribution in [2.24, 2.45) is 0 Å². The third kappa shape index (κ3) is 4.12. The van der Waals surface area contributed by atoms with Crippen molar-refractivity contribution in [1.29, 1.82) is 5.26 Å². The number of aromatic nitrogens is 1. The van der Waals surface area contributed by atoms with E-state index in [0.717, 1.165) is 27.9 Å². The third-order valence-corrected chi connectivity index (χ3v) is 5.26. The smallest absolute Gasteiger partial charge is 0.307 e. The van der Waals surface area contributed by atoms with Crippen LogP contribution in [0.5, 0.6) is 11.5 Å². The van der Waals surface area contributed by atoms with Crippen molar-refractivity contribution >= 4 is 11.5 Å². The van der Waals surface area contributed by atoms with E-state index in [9.17, 15) is 19.6 Å². The van der Waals surface area contributed by atoms with Crippen molar-refractivity contribution in [3.63, 3.8) is 0 Å². The first-order valence-corrected chi connectivity index (χ1v) is 9.72. The van der Waals surface area contributed by atoms with E-state index in [1.165, 1.54) is 12.1 Å². The molecule has 0 fully saturated rings. The molecule has 2 aromatic heterocycles. The summed E-state index contributed by atoms with van der Waals surface area (Å²) in [7, 11) is 0. The van der Waals surface area contributed by atoms with Crippen LogP contribution >= 0.6 is 0 Å². The number of aliphatic carboxylic acids is 1. The van der Waals surface area contributed by atoms with E-state index in [0.29, 0.717) is 23.5 Å². The molecule has 0 atom stereocenters. The van der Waals surface area contributed by atoms with Crippen LogP contribution in [0.4, 0.5) is 4.39 Å². The van der Waals surface area contributed by atoms with Crippen LogP contribution in [-0.4, -0.2) is 15.5 Å². The molecular weight excluding hydrogens is 395 g/mol. The monoisotopic (exact) mass is 414 g/mol. The van der Waals surface area contributed by atoms with Gasteiger partial charge in [-0.05, 0) is 60.5 Å². The van der Waals surface area contributed by atoms with E-state index >= 15 is 0 Å². The molecule has 0 radical (unpaired) electrons. The summed E-state index contributed by atoms with van der Waals surface area (Å²) in [6, 6.07) is 18.9. The number of carboxylic acid groups (broad SMARTS) is 1. The summed E-state index contributed by atoms with van der Waals surface area (Å²) in [6.07, 6.45) is 2.10. The summed E-state index contributed by atoms with van der Waals surface area (Å²) in [4.78, 5) is 11.4. The van der Waals surface area contributed by atoms with Crippen LogP contribution in [-0.2, 0) is 17.6 Å². The van der Waals surface area contributed by atoms with Gasteiger partial charge in [-0.25, -0.2) is 4.39 Å². The Morgan fingerprint density at radius 2 is 1.87 bits per heavy atom. The molecule has 1 N–H and O–H groups in total. The summed E-state index contributed by atoms with van der Waals surface area (Å²) in [5.74, 6) is -0.106. The molecule has 0 unspecified atom stereocenters. The fraction of sp³-hybridized carbons (Fsp3) is 0.120. The number of hydrogen-bond acceptors (Lipinski definition) is 3. The summed E-state index contributed by atoms with van der Waals surface area (Å²) in [5, 5.41) is 18.7. The van der Waals surface area contributed by atoms with Crippen molar-refractivity contribution in [1.82, 2.24) is 4.40 Å². The zero-order valence-corrected chi connectivity index (χ0v) is 16.8. The molecular formula is C25H19FN2O3. The second-order valence-corrected chi connectivity index (χ2v) is 7.25. The van der Waals surface area contributed by atoms with Crippen LogP contribution in [0.15, 0.2) is 66.9 Å². The molecule has 2 heterocycles. The minimum absolute atomic E-state index is 0.102. The number of carboxylic acids is 1. The predicted molar refractivity (Wildman–Crippen MR) is 114 cm³/mol. The second kappa shape index (κ2) is 8.33. The molecule has 6 heteroatoms. The van der Waals surface area contributed by atoms with Crippen LogP contribution in [0.3, 0.4) is 0 Å². The van der Waals surface area contributed by atoms with E-state index in [2.05, 4.69) is 6.07 Å². The van der Waals surface area contributed by atoms with Gasteiger partial charge < -0.3 is 14.2 Å². The van der Waals surface area contributed by atoms with Crippen LogP contribution in [0.25, 0.3) is 5.52 Å². The molecule has 5 nitrogen and oxygen atoms in total. The van der Waals surface area contributed by atoms with Gasteiger partial charge in [0.2, 0.25) is 0 Å². The number of nitrogens with zero attached hydrogens (tertiary/aromatic N) is 2. The minimum atomic E-state index is -0.911. The molecule has 0 aliphatic carbocycles. The number of halogens is 1. The highest BCUT2D eigenvalue weighted by Crippen LogP contribution is 2.31. The van der Waals surface area contributed by atoms with E-state index in [1.54, 1.807) is 30.5 Å². The molecule has 0 spiro atoms. The quantitative estimate of drug-likeness (QED) is 0.466. The van der Waals surface area contributed by atoms with E-state index in [-0.39, 0.29) is 12.2 Å². The first kappa shape index (κ1) is 20.2. The average molecular weight is 414 g/mol. The Morgan fingerprint density at radius 1 is 1.13 bits per heavy atom. The fourth-order valence-corrected chi connectivity index (χ4v) is 3.73. The second-order valence-electron chi connectivity index (χ2n) is 7.25. The zero-order chi connectivity index (χ0) is 22.0. The van der Waals surface area contributed by atoms with Gasteiger partial charge in [0.25, 0.3) is 0 Å². The van der Waals surface area contributed by atoms with Crippen molar-refractivity contribution in [2.75, 3.05) is 0 Å². The molecule has 0 aliphatic heterocycles. The first-order chi connectivity index (χ1) is 15.0. The normalized spacial score (nSPS) is 10.7. The zero-order valence-electron chi connectivity index (χ0n) is 16.8. The van der Waals surface area contributed by atoms with Crippen LogP contribution in [0.1, 0.15) is 27.9 Å². The number of pyridine rings is 1. The summed E-state index contributed by atoms with van der Waals surface area (Å²) in [6.45, 7) is 1.90. The number of nitriles is 1. The topological polar surface area (TPSA) is 74.7 Å². The van der Waals surface area contributed by atoms with Gasteiger partial charge in [0.15, 0.2) is 0 Å². The Hall–Kier alpha value is -4.11. The Labute approximate surface area is 178 Å². The average Bonchev–Trinajstić information content (AvgIpc) is 3.01. The van der Waals surface area contributed by atoms with Crippen LogP contribution in [0.2, 0.25) is 0 Å². The van der Waals surface area contributed by atoms with E-state index in [1.807, 2.05) is 35.6 Å². The number of para-hydroxylation sites is 1. The predicted octanol–water partition coefficient (Wildman–Crippen LogP) is 5.27. The van der Waals surface area contributed by atoms with Gasteiger partial charge in [0, 0.05) is 29.4 Å². The summed E-state index contributed by atoms with van der Waals surface area (Å²) < 4.78 is 21.1. The van der Waals surface area contributed by atoms with Gasteiger partial charge in [-0.15, -0.1) is 0 Å². The number of benzene rings is 2. The Kier molecular flexibility index (Phi) is 5.42. The molecule has 2 aromatic carbocycles. The van der Waals surface area contributed by atoms with Crippen molar-refractivity contribution in [2.45, 2.75) is 19.8 Å². The van der Waals surface area contributed by atoms with Crippen molar-refractivity contribution in [3.8, 4) is 17.6 Å². The SMILES string of the molecule is Cc1c(CC(=O)O)c2ccc(C#N)cn2c1Cc1ccccc1Oc1ccc(F)cc1. The third-order valence-electron chi connectivity index (χ3n) is 5.26. The highest BCUT2D eigenvalue weighted by molar-refractivity contribution is 5.77. The van der Waals surface area contributed by atoms with E-state index in [4.69, 9.17) is 4.74 Å². The van der Waals surface area contributed by atoms with Gasteiger partial charge in [-0.1, -0.05) is 18.2 Å². The van der Waals surface area contributed by atoms with E-state index < -0.39 is 5.97 Å². The van der Waals surface area contributed by atoms with Crippen molar-refractivity contribution in [3.05, 3.63) is 101 Å². The molecule has 154 valence electrons. The fourth-order valence-electron chi connectivity index (χ4n) is 3.73. The lowest BCUT2D eigenvalue weighted by Crippen LogP contribution is -2.01. The summed E-state index contributed by atoms with van der Waals surface area (Å²) in [5.41, 5.74) is 4.63. The van der Waals surface area contributed by atoms with Gasteiger partial charge in [-0.3, -0.25) is 4.79 Å². The molecule has 31 heavy (non-hydrogen) atoms. The Balaban J connectivity index is 1.78. The van der Waals surface area contributed by atoms with Crippen molar-refractivity contribution < 1.29 is 19.0 Å². The number of ether oxygens (including phenoxy) is 1. The summed E-state index contributed by atoms with van der Waals surface area (Å²) >= 11 is 0. The number of carbonyl (C=O) groups is 1. The Bertz CT molecular complexity index is 1320. The standard InChI is InChI=1S/C25H19FN2O3/c1-16-21(13-25(29)30)22-11-6-17(14-27)15-28(22)23(16)12-18-4-2-3-5-24(18)31-20-9-7-19(26)8-10-20/h2-11,15H,12-13H2,1H3,(H,29,30). The maximum absolute atomic E-state index is 13.2. The van der Waals surface area contributed by atoms with Gasteiger partial charge in [0.1, 0.15) is 23.4 Å². The molecule has 0 bridgehead atoms. The van der Waals surface area contributed by atoms with Gasteiger partial charge >= 0.3 is 5.97 Å². The number of hydrogen-bond donors (Lipinski definition) is 1. The molecule has 0 aliphatic rings.